The highest BCUT2D eigenvalue weighted by Crippen LogP contribution is 2.17. The molecule has 0 spiro atoms. The molecule has 9 heteroatoms. The van der Waals surface area contributed by atoms with Crippen molar-refractivity contribution in [3.8, 4) is 0 Å². The minimum absolute atomic E-state index is 0.206. The van der Waals surface area contributed by atoms with Crippen molar-refractivity contribution in [1.82, 2.24) is 19.8 Å². The van der Waals surface area contributed by atoms with Crippen LogP contribution in [0.3, 0.4) is 0 Å². The Morgan fingerprint density at radius 1 is 1.40 bits per heavy atom. The summed E-state index contributed by atoms with van der Waals surface area (Å²) in [5, 5.41) is 14.8. The van der Waals surface area contributed by atoms with Crippen LogP contribution >= 0.6 is 0 Å². The molecule has 8 nitrogen and oxygen atoms in total. The molecule has 1 aromatic heterocycles. The topological polar surface area (TPSA) is 115 Å². The number of aryl methyl sites for hydroxylation is 1. The van der Waals surface area contributed by atoms with E-state index < -0.39 is 21.7 Å². The van der Waals surface area contributed by atoms with Gasteiger partial charge in [-0.3, -0.25) is 5.10 Å². The molecule has 3 N–H and O–H groups in total. The van der Waals surface area contributed by atoms with Gasteiger partial charge in [0.25, 0.3) is 0 Å². The normalized spacial score (nSPS) is 12.0. The number of likely N-dealkylation sites (N-methyl/N-ethyl adjacent to an activating group) is 1. The van der Waals surface area contributed by atoms with Gasteiger partial charge in [0.05, 0.1) is 5.69 Å². The van der Waals surface area contributed by atoms with E-state index in [9.17, 15) is 13.2 Å². The third kappa shape index (κ3) is 3.78. The lowest BCUT2D eigenvalue weighted by Crippen LogP contribution is -2.35. The Morgan fingerprint density at radius 2 is 2.00 bits per heavy atom. The van der Waals surface area contributed by atoms with Crippen LogP contribution in [0.25, 0.3) is 0 Å². The van der Waals surface area contributed by atoms with Gasteiger partial charge in [-0.05, 0) is 20.0 Å². The molecule has 114 valence electrons. The zero-order chi connectivity index (χ0) is 15.3. The maximum atomic E-state index is 12.1. The fourth-order valence-corrected chi connectivity index (χ4v) is 3.18. The predicted octanol–water partition coefficient (Wildman–Crippen LogP) is 0.0364. The Labute approximate surface area is 118 Å². The molecule has 0 unspecified atom stereocenters. The highest BCUT2D eigenvalue weighted by molar-refractivity contribution is 7.89. The molecule has 0 fully saturated rings. The molecule has 0 radical (unpaired) electrons. The highest BCUT2D eigenvalue weighted by Gasteiger charge is 2.27. The van der Waals surface area contributed by atoms with Crippen molar-refractivity contribution < 1.29 is 18.3 Å². The fourth-order valence-electron chi connectivity index (χ4n) is 1.84. The Balaban J connectivity index is 2.84. The molecule has 1 aromatic rings. The first-order valence-corrected chi connectivity index (χ1v) is 7.82. The largest absolute Gasteiger partial charge is 0.476 e. The van der Waals surface area contributed by atoms with Crippen LogP contribution < -0.4 is 4.72 Å². The van der Waals surface area contributed by atoms with Crippen LogP contribution in [-0.2, 0) is 10.0 Å². The number of H-pyrrole nitrogens is 1. The van der Waals surface area contributed by atoms with Crippen molar-refractivity contribution in [2.24, 2.45) is 0 Å². The number of aromatic amines is 1. The highest BCUT2D eigenvalue weighted by atomic mass is 32.2. The number of sulfonamides is 1. The molecule has 0 amide bonds. The number of nitrogens with one attached hydrogen (secondary N) is 2. The van der Waals surface area contributed by atoms with Crippen LogP contribution in [0.4, 0.5) is 0 Å². The third-order valence-corrected chi connectivity index (χ3v) is 4.60. The Kier molecular flexibility index (Phi) is 5.66. The average molecular weight is 304 g/mol. The van der Waals surface area contributed by atoms with Gasteiger partial charge in [0.15, 0.2) is 5.69 Å². The lowest BCUT2D eigenvalue weighted by atomic mass is 10.4. The Morgan fingerprint density at radius 3 is 2.50 bits per heavy atom. The van der Waals surface area contributed by atoms with E-state index >= 15 is 0 Å². The average Bonchev–Trinajstić information content (AvgIpc) is 2.77. The van der Waals surface area contributed by atoms with Crippen molar-refractivity contribution in [3.05, 3.63) is 11.4 Å². The molecule has 0 saturated carbocycles. The van der Waals surface area contributed by atoms with Gasteiger partial charge in [-0.25, -0.2) is 17.9 Å². The van der Waals surface area contributed by atoms with E-state index in [1.807, 2.05) is 13.8 Å². The quantitative estimate of drug-likeness (QED) is 0.624. The van der Waals surface area contributed by atoms with Crippen LogP contribution in [0.2, 0.25) is 0 Å². The summed E-state index contributed by atoms with van der Waals surface area (Å²) in [4.78, 5) is 12.7. The molecular weight excluding hydrogens is 284 g/mol. The number of hydrogen-bond donors (Lipinski definition) is 3. The van der Waals surface area contributed by atoms with Crippen LogP contribution in [0.1, 0.15) is 30.0 Å². The van der Waals surface area contributed by atoms with Crippen molar-refractivity contribution in [2.75, 3.05) is 26.2 Å². The van der Waals surface area contributed by atoms with E-state index in [2.05, 4.69) is 19.8 Å². The molecule has 20 heavy (non-hydrogen) atoms. The summed E-state index contributed by atoms with van der Waals surface area (Å²) < 4.78 is 26.7. The summed E-state index contributed by atoms with van der Waals surface area (Å²) in [7, 11) is -3.89. The zero-order valence-electron chi connectivity index (χ0n) is 11.8. The zero-order valence-corrected chi connectivity index (χ0v) is 12.6. The standard InChI is InChI=1S/C11H20N4O4S/c1-4-15(5-2)7-6-12-20(18,19)10-8(3)13-14-9(10)11(16)17/h12H,4-7H2,1-3H3,(H,13,14)(H,16,17). The van der Waals surface area contributed by atoms with E-state index in [1.54, 1.807) is 0 Å². The van der Waals surface area contributed by atoms with Gasteiger partial charge in [-0.15, -0.1) is 0 Å². The summed E-state index contributed by atoms with van der Waals surface area (Å²) in [6.07, 6.45) is 0. The fraction of sp³-hybridized carbons (Fsp3) is 0.636. The first-order valence-electron chi connectivity index (χ1n) is 6.33. The monoisotopic (exact) mass is 304 g/mol. The Bertz CT molecular complexity index is 563. The summed E-state index contributed by atoms with van der Waals surface area (Å²) >= 11 is 0. The molecule has 0 saturated heterocycles. The molecule has 0 aliphatic carbocycles. The number of aromatic nitrogens is 2. The van der Waals surface area contributed by atoms with Crippen LogP contribution in [0.5, 0.6) is 0 Å². The van der Waals surface area contributed by atoms with Crippen molar-refractivity contribution in [1.29, 1.82) is 0 Å². The van der Waals surface area contributed by atoms with E-state index in [0.29, 0.717) is 6.54 Å². The number of rotatable bonds is 8. The van der Waals surface area contributed by atoms with Gasteiger partial charge in [-0.2, -0.15) is 5.10 Å². The molecule has 0 atom stereocenters. The first-order chi connectivity index (χ1) is 9.33. The second-order valence-electron chi connectivity index (χ2n) is 4.26. The maximum Gasteiger partial charge on any atom is 0.357 e. The number of hydrogen-bond acceptors (Lipinski definition) is 5. The summed E-state index contributed by atoms with van der Waals surface area (Å²) in [6, 6.07) is 0. The molecule has 1 heterocycles. The molecule has 0 bridgehead atoms. The van der Waals surface area contributed by atoms with E-state index in [4.69, 9.17) is 5.11 Å². The van der Waals surface area contributed by atoms with Gasteiger partial charge in [0.1, 0.15) is 4.90 Å². The van der Waals surface area contributed by atoms with Gasteiger partial charge in [0.2, 0.25) is 10.0 Å². The number of aromatic carboxylic acids is 1. The SMILES string of the molecule is CCN(CC)CCNS(=O)(=O)c1c(C(=O)O)n[nH]c1C. The summed E-state index contributed by atoms with van der Waals surface area (Å²) in [5.41, 5.74) is -0.282. The Hall–Kier alpha value is -1.45. The smallest absolute Gasteiger partial charge is 0.357 e. The second-order valence-corrected chi connectivity index (χ2v) is 5.96. The van der Waals surface area contributed by atoms with Crippen molar-refractivity contribution >= 4 is 16.0 Å². The van der Waals surface area contributed by atoms with E-state index in [-0.39, 0.29) is 17.1 Å². The predicted molar refractivity (Wildman–Crippen MR) is 73.3 cm³/mol. The number of carboxylic acids is 1. The molecule has 0 aliphatic rings. The maximum absolute atomic E-state index is 12.1. The van der Waals surface area contributed by atoms with Crippen molar-refractivity contribution in [3.63, 3.8) is 0 Å². The number of carboxylic acid groups (broad SMARTS) is 1. The third-order valence-electron chi connectivity index (χ3n) is 2.98. The van der Waals surface area contributed by atoms with Gasteiger partial charge in [-0.1, -0.05) is 13.8 Å². The molecule has 0 aliphatic heterocycles. The lowest BCUT2D eigenvalue weighted by molar-refractivity contribution is 0.0686. The minimum Gasteiger partial charge on any atom is -0.476 e. The van der Waals surface area contributed by atoms with Crippen LogP contribution in [0.15, 0.2) is 4.90 Å². The second kappa shape index (κ2) is 6.82. The molecule has 1 rings (SSSR count). The first kappa shape index (κ1) is 16.6. The van der Waals surface area contributed by atoms with Crippen molar-refractivity contribution in [2.45, 2.75) is 25.7 Å². The van der Waals surface area contributed by atoms with E-state index in [0.717, 1.165) is 13.1 Å². The summed E-state index contributed by atoms with van der Waals surface area (Å²) in [5.74, 6) is -1.38. The van der Waals surface area contributed by atoms with Crippen LogP contribution in [0, 0.1) is 6.92 Å². The van der Waals surface area contributed by atoms with Crippen LogP contribution in [-0.4, -0.2) is 60.8 Å². The number of nitrogens with zero attached hydrogens (tertiary/aromatic N) is 2. The van der Waals surface area contributed by atoms with E-state index in [1.165, 1.54) is 6.92 Å². The number of carbonyl (C=O) groups is 1. The molecular formula is C11H20N4O4S. The van der Waals surface area contributed by atoms with Gasteiger partial charge in [0, 0.05) is 13.1 Å². The van der Waals surface area contributed by atoms with Gasteiger partial charge < -0.3 is 10.0 Å². The summed E-state index contributed by atoms with van der Waals surface area (Å²) in [6.45, 7) is 7.87. The minimum atomic E-state index is -3.89. The lowest BCUT2D eigenvalue weighted by Gasteiger charge is -2.17. The van der Waals surface area contributed by atoms with Gasteiger partial charge >= 0.3 is 5.97 Å². The molecule has 0 aromatic carbocycles.